The third-order valence-corrected chi connectivity index (χ3v) is 4.03. The van der Waals surface area contributed by atoms with E-state index < -0.39 is 0 Å². The van der Waals surface area contributed by atoms with E-state index in [9.17, 15) is 4.39 Å². The van der Waals surface area contributed by atoms with E-state index in [1.807, 2.05) is 26.0 Å². The largest absolute Gasteiger partial charge is 0.304 e. The molecule has 0 N–H and O–H groups in total. The zero-order valence-corrected chi connectivity index (χ0v) is 12.4. The second-order valence-corrected chi connectivity index (χ2v) is 5.79. The minimum Gasteiger partial charge on any atom is -0.304 e. The molecular weight excluding hydrogens is 239 g/mol. The topological polar surface area (TPSA) is 6.48 Å². The lowest BCUT2D eigenvalue weighted by Gasteiger charge is -2.32. The van der Waals surface area contributed by atoms with Crippen molar-refractivity contribution in [2.75, 3.05) is 39.8 Å². The Kier molecular flexibility index (Phi) is 4.94. The second kappa shape index (κ2) is 6.49. The predicted octanol–water partition coefficient (Wildman–Crippen LogP) is 2.62. The SMILES string of the molecule is Cc1cc(CCCN2CCN(C)CC2)cc(C)c1F. The first-order valence-corrected chi connectivity index (χ1v) is 7.23. The first kappa shape index (κ1) is 14.5. The lowest BCUT2D eigenvalue weighted by Crippen LogP contribution is -2.44. The van der Waals surface area contributed by atoms with Gasteiger partial charge in [0.25, 0.3) is 0 Å². The van der Waals surface area contributed by atoms with Crippen LogP contribution >= 0.6 is 0 Å². The maximum atomic E-state index is 13.5. The molecule has 0 aromatic heterocycles. The molecule has 1 aromatic carbocycles. The minimum absolute atomic E-state index is 0.0529. The lowest BCUT2D eigenvalue weighted by atomic mass is 10.0. The number of piperazine rings is 1. The standard InChI is InChI=1S/C16H25FN2/c1-13-11-15(12-14(2)16(13)17)5-4-6-19-9-7-18(3)8-10-19/h11-12H,4-10H2,1-3H3. The molecule has 2 nitrogen and oxygen atoms in total. The Bertz CT molecular complexity index is 400. The molecule has 0 aliphatic carbocycles. The monoisotopic (exact) mass is 264 g/mol. The molecule has 1 fully saturated rings. The van der Waals surface area contributed by atoms with Crippen molar-refractivity contribution in [2.24, 2.45) is 0 Å². The maximum Gasteiger partial charge on any atom is 0.129 e. The first-order valence-electron chi connectivity index (χ1n) is 7.23. The zero-order chi connectivity index (χ0) is 13.8. The number of aryl methyl sites for hydroxylation is 3. The van der Waals surface area contributed by atoms with Gasteiger partial charge in [0.05, 0.1) is 0 Å². The van der Waals surface area contributed by atoms with Crippen LogP contribution in [0.25, 0.3) is 0 Å². The molecule has 0 unspecified atom stereocenters. The maximum absolute atomic E-state index is 13.5. The molecular formula is C16H25FN2. The molecule has 3 heteroatoms. The third-order valence-electron chi connectivity index (χ3n) is 4.03. The molecule has 0 atom stereocenters. The Hall–Kier alpha value is -0.930. The van der Waals surface area contributed by atoms with E-state index in [1.165, 1.54) is 31.7 Å². The van der Waals surface area contributed by atoms with Gasteiger partial charge in [-0.05, 0) is 57.0 Å². The summed E-state index contributed by atoms with van der Waals surface area (Å²) in [6.07, 6.45) is 2.21. The fourth-order valence-corrected chi connectivity index (χ4v) is 2.76. The predicted molar refractivity (Wildman–Crippen MR) is 78.1 cm³/mol. The van der Waals surface area contributed by atoms with Crippen LogP contribution in [-0.4, -0.2) is 49.6 Å². The van der Waals surface area contributed by atoms with Crippen molar-refractivity contribution in [3.05, 3.63) is 34.6 Å². The highest BCUT2D eigenvalue weighted by Crippen LogP contribution is 2.16. The zero-order valence-electron chi connectivity index (χ0n) is 12.4. The summed E-state index contributed by atoms with van der Waals surface area (Å²) in [6.45, 7) is 9.57. The van der Waals surface area contributed by atoms with Crippen LogP contribution in [-0.2, 0) is 6.42 Å². The van der Waals surface area contributed by atoms with Crippen molar-refractivity contribution in [2.45, 2.75) is 26.7 Å². The summed E-state index contributed by atoms with van der Waals surface area (Å²) in [6, 6.07) is 3.98. The molecule has 1 aromatic rings. The highest BCUT2D eigenvalue weighted by molar-refractivity contribution is 5.30. The van der Waals surface area contributed by atoms with Crippen LogP contribution in [0.3, 0.4) is 0 Å². The minimum atomic E-state index is -0.0529. The van der Waals surface area contributed by atoms with Crippen molar-refractivity contribution in [3.63, 3.8) is 0 Å². The number of nitrogens with zero attached hydrogens (tertiary/aromatic N) is 2. The smallest absolute Gasteiger partial charge is 0.129 e. The molecule has 0 amide bonds. The van der Waals surface area contributed by atoms with Gasteiger partial charge < -0.3 is 9.80 Å². The average Bonchev–Trinajstić information content (AvgIpc) is 2.38. The summed E-state index contributed by atoms with van der Waals surface area (Å²) in [5.41, 5.74) is 2.81. The van der Waals surface area contributed by atoms with Gasteiger partial charge in [-0.25, -0.2) is 4.39 Å². The van der Waals surface area contributed by atoms with Gasteiger partial charge in [-0.3, -0.25) is 0 Å². The van der Waals surface area contributed by atoms with Gasteiger partial charge in [-0.1, -0.05) is 12.1 Å². The summed E-state index contributed by atoms with van der Waals surface area (Å²) in [7, 11) is 2.18. The number of benzene rings is 1. The van der Waals surface area contributed by atoms with Crippen molar-refractivity contribution in [3.8, 4) is 0 Å². The Labute approximate surface area is 116 Å². The van der Waals surface area contributed by atoms with E-state index in [0.29, 0.717) is 0 Å². The molecule has 1 saturated heterocycles. The molecule has 0 radical (unpaired) electrons. The van der Waals surface area contributed by atoms with E-state index in [1.54, 1.807) is 0 Å². The number of likely N-dealkylation sites (N-methyl/N-ethyl adjacent to an activating group) is 1. The number of hydrogen-bond acceptors (Lipinski definition) is 2. The van der Waals surface area contributed by atoms with Crippen LogP contribution in [0.1, 0.15) is 23.1 Å². The quantitative estimate of drug-likeness (QED) is 0.825. The van der Waals surface area contributed by atoms with Gasteiger partial charge in [-0.2, -0.15) is 0 Å². The summed E-state index contributed by atoms with van der Waals surface area (Å²) >= 11 is 0. The number of hydrogen-bond donors (Lipinski definition) is 0. The summed E-state index contributed by atoms with van der Waals surface area (Å²) in [5.74, 6) is -0.0529. The molecule has 0 bridgehead atoms. The van der Waals surface area contributed by atoms with Crippen LogP contribution in [0.15, 0.2) is 12.1 Å². The highest BCUT2D eigenvalue weighted by Gasteiger charge is 2.13. The summed E-state index contributed by atoms with van der Waals surface area (Å²) in [4.78, 5) is 4.91. The van der Waals surface area contributed by atoms with Gasteiger partial charge >= 0.3 is 0 Å². The van der Waals surface area contributed by atoms with Crippen LogP contribution in [0.5, 0.6) is 0 Å². The fourth-order valence-electron chi connectivity index (χ4n) is 2.76. The molecule has 2 rings (SSSR count). The first-order chi connectivity index (χ1) is 9.06. The van der Waals surface area contributed by atoms with Crippen LogP contribution < -0.4 is 0 Å². The second-order valence-electron chi connectivity index (χ2n) is 5.79. The third kappa shape index (κ3) is 4.02. The Balaban J connectivity index is 1.79. The van der Waals surface area contributed by atoms with Gasteiger partial charge in [-0.15, -0.1) is 0 Å². The Morgan fingerprint density at radius 3 is 2.21 bits per heavy atom. The van der Waals surface area contributed by atoms with Crippen molar-refractivity contribution in [1.29, 1.82) is 0 Å². The van der Waals surface area contributed by atoms with Crippen LogP contribution in [0.2, 0.25) is 0 Å². The van der Waals surface area contributed by atoms with E-state index in [0.717, 1.165) is 30.5 Å². The van der Waals surface area contributed by atoms with Gasteiger partial charge in [0.2, 0.25) is 0 Å². The Morgan fingerprint density at radius 2 is 1.63 bits per heavy atom. The van der Waals surface area contributed by atoms with Crippen molar-refractivity contribution < 1.29 is 4.39 Å². The van der Waals surface area contributed by atoms with Gasteiger partial charge in [0.15, 0.2) is 0 Å². The number of halogens is 1. The van der Waals surface area contributed by atoms with Crippen molar-refractivity contribution >= 4 is 0 Å². The van der Waals surface area contributed by atoms with E-state index >= 15 is 0 Å². The molecule has 106 valence electrons. The fraction of sp³-hybridized carbons (Fsp3) is 0.625. The van der Waals surface area contributed by atoms with Crippen molar-refractivity contribution in [1.82, 2.24) is 9.80 Å². The van der Waals surface area contributed by atoms with E-state index in [2.05, 4.69) is 16.8 Å². The molecule has 0 saturated carbocycles. The molecule has 1 aliphatic rings. The van der Waals surface area contributed by atoms with Gasteiger partial charge in [0.1, 0.15) is 5.82 Å². The molecule has 0 spiro atoms. The highest BCUT2D eigenvalue weighted by atomic mass is 19.1. The van der Waals surface area contributed by atoms with E-state index in [4.69, 9.17) is 0 Å². The average molecular weight is 264 g/mol. The van der Waals surface area contributed by atoms with E-state index in [-0.39, 0.29) is 5.82 Å². The normalized spacial score (nSPS) is 17.9. The number of rotatable bonds is 4. The molecule has 1 aliphatic heterocycles. The molecule has 1 heterocycles. The summed E-state index contributed by atoms with van der Waals surface area (Å²) < 4.78 is 13.5. The Morgan fingerprint density at radius 1 is 1.05 bits per heavy atom. The van der Waals surface area contributed by atoms with Gasteiger partial charge in [0, 0.05) is 26.2 Å². The van der Waals surface area contributed by atoms with Crippen LogP contribution in [0, 0.1) is 19.7 Å². The molecule has 19 heavy (non-hydrogen) atoms. The van der Waals surface area contributed by atoms with Crippen LogP contribution in [0.4, 0.5) is 4.39 Å². The lowest BCUT2D eigenvalue weighted by molar-refractivity contribution is 0.153. The summed E-state index contributed by atoms with van der Waals surface area (Å²) in [5, 5.41) is 0.